The van der Waals surface area contributed by atoms with Crippen molar-refractivity contribution < 1.29 is 49.8 Å². The second-order valence-electron chi connectivity index (χ2n) is 8.76. The van der Waals surface area contributed by atoms with Gasteiger partial charge in [0.1, 0.15) is 35.7 Å². The minimum atomic E-state index is -4.81. The van der Waals surface area contributed by atoms with Gasteiger partial charge in [0, 0.05) is 22.6 Å². The van der Waals surface area contributed by atoms with Crippen LogP contribution in [0.1, 0.15) is 19.4 Å². The summed E-state index contributed by atoms with van der Waals surface area (Å²) in [7, 11) is 1.20. The average molecular weight is 544 g/mol. The fourth-order valence-electron chi connectivity index (χ4n) is 3.28. The zero-order chi connectivity index (χ0) is 28.5. The minimum Gasteiger partial charge on any atom is -0.497 e. The lowest BCUT2D eigenvalue weighted by Crippen LogP contribution is -2.44. The Hall–Kier alpha value is -3.96. The molecule has 0 saturated carbocycles. The van der Waals surface area contributed by atoms with Gasteiger partial charge in [0.15, 0.2) is 0 Å². The number of ether oxygens (including phenoxy) is 3. The van der Waals surface area contributed by atoms with E-state index >= 15 is 0 Å². The summed E-state index contributed by atoms with van der Waals surface area (Å²) in [6.07, 6.45) is -9.61. The van der Waals surface area contributed by atoms with E-state index in [9.17, 15) is 35.9 Å². The van der Waals surface area contributed by atoms with E-state index in [0.29, 0.717) is 0 Å². The number of carbonyl (C=O) groups is 1. The van der Waals surface area contributed by atoms with Gasteiger partial charge in [-0.1, -0.05) is 6.58 Å². The molecule has 12 heteroatoms. The predicted molar refractivity (Wildman–Crippen MR) is 125 cm³/mol. The summed E-state index contributed by atoms with van der Waals surface area (Å²) < 4.78 is 102. The summed E-state index contributed by atoms with van der Waals surface area (Å²) in [6.45, 7) is 3.43. The van der Waals surface area contributed by atoms with E-state index in [-0.39, 0.29) is 33.6 Å². The molecule has 1 aromatic heterocycles. The van der Waals surface area contributed by atoms with Crippen molar-refractivity contribution in [2.45, 2.75) is 26.2 Å². The number of benzene rings is 2. The monoisotopic (exact) mass is 544 g/mol. The van der Waals surface area contributed by atoms with E-state index in [1.54, 1.807) is 0 Å². The molecule has 0 spiro atoms. The van der Waals surface area contributed by atoms with Crippen LogP contribution in [0, 0.1) is 5.41 Å². The smallest absolute Gasteiger partial charge is 0.417 e. The highest BCUT2D eigenvalue weighted by Gasteiger charge is 2.53. The number of esters is 1. The maximum atomic E-state index is 13.7. The summed E-state index contributed by atoms with van der Waals surface area (Å²) in [5, 5.41) is 0.199. The molecule has 3 rings (SSSR count). The fourth-order valence-corrected chi connectivity index (χ4v) is 3.28. The minimum absolute atomic E-state index is 0.0618. The third-order valence-corrected chi connectivity index (χ3v) is 5.64. The predicted octanol–water partition coefficient (Wildman–Crippen LogP) is 6.55. The lowest BCUT2D eigenvalue weighted by molar-refractivity contribution is -0.240. The van der Waals surface area contributed by atoms with Gasteiger partial charge >= 0.3 is 23.9 Å². The number of rotatable bonds is 8. The van der Waals surface area contributed by atoms with Crippen molar-refractivity contribution in [2.24, 2.45) is 5.41 Å². The van der Waals surface area contributed by atoms with Gasteiger partial charge in [-0.3, -0.25) is 0 Å². The number of hydrogen-bond donors (Lipinski definition) is 0. The Morgan fingerprint density at radius 2 is 1.61 bits per heavy atom. The van der Waals surface area contributed by atoms with Crippen molar-refractivity contribution in [2.75, 3.05) is 20.3 Å². The maximum absolute atomic E-state index is 13.7. The number of fused-ring (bicyclic) bond motifs is 1. The summed E-state index contributed by atoms with van der Waals surface area (Å²) >= 11 is 0. The summed E-state index contributed by atoms with van der Waals surface area (Å²) in [5.74, 6) is -1.17. The van der Waals surface area contributed by atoms with Gasteiger partial charge in [0.05, 0.1) is 18.2 Å². The number of carbonyl (C=O) groups excluding carboxylic acids is 1. The van der Waals surface area contributed by atoms with Crippen LogP contribution < -0.4 is 15.1 Å². The molecule has 0 aliphatic heterocycles. The number of methoxy groups -OCH3 is 1. The average Bonchev–Trinajstić information content (AvgIpc) is 2.83. The van der Waals surface area contributed by atoms with Crippen molar-refractivity contribution >= 4 is 16.9 Å². The number of hydrogen-bond acceptors (Lipinski definition) is 6. The van der Waals surface area contributed by atoms with Gasteiger partial charge in [-0.2, -0.15) is 26.3 Å². The van der Waals surface area contributed by atoms with Gasteiger partial charge in [-0.05, 0) is 50.2 Å². The number of halogens is 6. The second kappa shape index (κ2) is 10.4. The quantitative estimate of drug-likeness (QED) is 0.139. The van der Waals surface area contributed by atoms with E-state index in [2.05, 4.69) is 11.3 Å². The molecule has 0 aliphatic rings. The van der Waals surface area contributed by atoms with Gasteiger partial charge in [-0.15, -0.1) is 0 Å². The summed E-state index contributed by atoms with van der Waals surface area (Å²) in [6, 6.07) is 7.99. The van der Waals surface area contributed by atoms with Crippen molar-refractivity contribution in [1.29, 1.82) is 0 Å². The fraction of sp³-hybridized carbons (Fsp3) is 0.308. The highest BCUT2D eigenvalue weighted by atomic mass is 19.4. The Morgan fingerprint density at radius 1 is 0.947 bits per heavy atom. The molecule has 1 atom stereocenters. The third kappa shape index (κ3) is 6.12. The highest BCUT2D eigenvalue weighted by molar-refractivity contribution is 5.87. The van der Waals surface area contributed by atoms with Gasteiger partial charge < -0.3 is 18.6 Å². The Balaban J connectivity index is 1.92. The first-order chi connectivity index (χ1) is 17.6. The first-order valence-electron chi connectivity index (χ1n) is 10.9. The van der Waals surface area contributed by atoms with Gasteiger partial charge in [0.25, 0.3) is 0 Å². The Labute approximate surface area is 212 Å². The van der Waals surface area contributed by atoms with Crippen molar-refractivity contribution in [3.63, 3.8) is 0 Å². The maximum Gasteiger partial charge on any atom is 0.417 e. The first kappa shape index (κ1) is 28.6. The van der Waals surface area contributed by atoms with E-state index < -0.39 is 53.7 Å². The van der Waals surface area contributed by atoms with E-state index in [0.717, 1.165) is 25.1 Å². The largest absolute Gasteiger partial charge is 0.497 e. The zero-order valence-electron chi connectivity index (χ0n) is 20.4. The molecule has 0 radical (unpaired) electrons. The van der Waals surface area contributed by atoms with Crippen molar-refractivity contribution in [3.8, 4) is 22.6 Å². The second-order valence-corrected chi connectivity index (χ2v) is 8.76. The highest BCUT2D eigenvalue weighted by Crippen LogP contribution is 2.40. The normalized spacial score (nSPS) is 13.6. The molecule has 0 N–H and O–H groups in total. The van der Waals surface area contributed by atoms with Crippen LogP contribution >= 0.6 is 0 Å². The molecule has 0 amide bonds. The van der Waals surface area contributed by atoms with E-state index in [4.69, 9.17) is 13.9 Å². The van der Waals surface area contributed by atoms with Crippen LogP contribution in [0.4, 0.5) is 26.3 Å². The molecule has 1 heterocycles. The van der Waals surface area contributed by atoms with Gasteiger partial charge in [-0.25, -0.2) is 9.59 Å². The molecular weight excluding hydrogens is 522 g/mol. The Kier molecular flexibility index (Phi) is 7.85. The van der Waals surface area contributed by atoms with Crippen LogP contribution in [0.3, 0.4) is 0 Å². The third-order valence-electron chi connectivity index (χ3n) is 5.64. The first-order valence-corrected chi connectivity index (χ1v) is 10.9. The van der Waals surface area contributed by atoms with Crippen LogP contribution in [0.15, 0.2) is 63.8 Å². The summed E-state index contributed by atoms with van der Waals surface area (Å²) in [5.41, 5.74) is -5.79. The van der Waals surface area contributed by atoms with Gasteiger partial charge in [0.2, 0.25) is 0 Å². The lowest BCUT2D eigenvalue weighted by Gasteiger charge is -2.31. The molecule has 1 unspecified atom stereocenters. The molecule has 0 saturated heterocycles. The molecule has 2 aromatic carbocycles. The molecule has 0 bridgehead atoms. The van der Waals surface area contributed by atoms with Crippen molar-refractivity contribution in [1.82, 2.24) is 0 Å². The standard InChI is InChI=1S/C26H22F6O6/c1-14(2)22(33)37-13-24(3,26(30,31)32)12-36-17-6-5-15-9-19(23(34)38-21(15)11-17)18-8-7-16(35-4)10-20(18)25(27,28)29/h5-11H,1,12-13H2,2-4H3. The molecular formula is C26H22F6O6. The molecule has 6 nitrogen and oxygen atoms in total. The molecule has 3 aromatic rings. The molecule has 0 fully saturated rings. The lowest BCUT2D eigenvalue weighted by atomic mass is 9.92. The molecule has 204 valence electrons. The summed E-state index contributed by atoms with van der Waals surface area (Å²) in [4.78, 5) is 24.2. The van der Waals surface area contributed by atoms with Crippen LogP contribution in [0.2, 0.25) is 0 Å². The van der Waals surface area contributed by atoms with Crippen molar-refractivity contribution in [3.05, 3.63) is 70.6 Å². The number of alkyl halides is 6. The van der Waals surface area contributed by atoms with Crippen LogP contribution in [0.5, 0.6) is 11.5 Å². The van der Waals surface area contributed by atoms with E-state index in [1.165, 1.54) is 38.3 Å². The Morgan fingerprint density at radius 3 is 2.18 bits per heavy atom. The van der Waals surface area contributed by atoms with Crippen LogP contribution in [-0.4, -0.2) is 32.5 Å². The zero-order valence-corrected chi connectivity index (χ0v) is 20.4. The van der Waals surface area contributed by atoms with Crippen LogP contribution in [0.25, 0.3) is 22.1 Å². The molecule has 38 heavy (non-hydrogen) atoms. The van der Waals surface area contributed by atoms with E-state index in [1.807, 2.05) is 0 Å². The molecule has 0 aliphatic carbocycles. The Bertz CT molecular complexity index is 1420. The SMILES string of the molecule is C=C(C)C(=O)OCC(C)(COc1ccc2cc(-c3ccc(OC)cc3C(F)(F)F)c(=O)oc2c1)C(F)(F)F. The topological polar surface area (TPSA) is 75.0 Å². The van der Waals surface area contributed by atoms with Crippen LogP contribution in [-0.2, 0) is 15.7 Å².